The van der Waals surface area contributed by atoms with Crippen LogP contribution in [0.2, 0.25) is 0 Å². The monoisotopic (exact) mass is 238 g/mol. The number of benzene rings is 1. The highest BCUT2D eigenvalue weighted by atomic mass is 16.6. The van der Waals surface area contributed by atoms with Crippen LogP contribution in [-0.4, -0.2) is 24.0 Å². The molecule has 0 unspecified atom stereocenters. The first kappa shape index (κ1) is 13.0. The van der Waals surface area contributed by atoms with Gasteiger partial charge in [0.1, 0.15) is 12.4 Å². The molecule has 0 bridgehead atoms. The third-order valence-corrected chi connectivity index (χ3v) is 2.12. The van der Waals surface area contributed by atoms with Gasteiger partial charge in [-0.1, -0.05) is 0 Å². The van der Waals surface area contributed by atoms with Gasteiger partial charge in [-0.2, -0.15) is 0 Å². The fourth-order valence-corrected chi connectivity index (χ4v) is 1.27. The molecule has 0 aliphatic heterocycles. The standard InChI is InChI=1S/C11H14N2O4/c1-8-3-4-10(7-11(8)13(15)16)17-6-5-12-9(2)14/h3-4,7H,5-6H2,1-2H3,(H,12,14). The van der Waals surface area contributed by atoms with Gasteiger partial charge in [0.2, 0.25) is 5.91 Å². The van der Waals surface area contributed by atoms with E-state index in [1.54, 1.807) is 19.1 Å². The number of carbonyl (C=O) groups excluding carboxylic acids is 1. The molecule has 0 radical (unpaired) electrons. The molecule has 1 N–H and O–H groups in total. The fraction of sp³-hybridized carbons (Fsp3) is 0.364. The maximum Gasteiger partial charge on any atom is 0.276 e. The van der Waals surface area contributed by atoms with Gasteiger partial charge in [0, 0.05) is 12.5 Å². The molecule has 0 saturated heterocycles. The minimum Gasteiger partial charge on any atom is -0.491 e. The summed E-state index contributed by atoms with van der Waals surface area (Å²) in [5.74, 6) is 0.288. The van der Waals surface area contributed by atoms with Crippen LogP contribution in [0.1, 0.15) is 12.5 Å². The smallest absolute Gasteiger partial charge is 0.276 e. The minimum atomic E-state index is -0.448. The van der Waals surface area contributed by atoms with Crippen molar-refractivity contribution in [3.05, 3.63) is 33.9 Å². The van der Waals surface area contributed by atoms with Crippen LogP contribution >= 0.6 is 0 Å². The van der Waals surface area contributed by atoms with E-state index in [-0.39, 0.29) is 18.2 Å². The summed E-state index contributed by atoms with van der Waals surface area (Å²) in [6, 6.07) is 4.67. The van der Waals surface area contributed by atoms with Gasteiger partial charge in [-0.3, -0.25) is 14.9 Å². The van der Waals surface area contributed by atoms with Crippen LogP contribution in [0.5, 0.6) is 5.75 Å². The number of amides is 1. The Labute approximate surface area is 98.7 Å². The normalized spacial score (nSPS) is 9.76. The highest BCUT2D eigenvalue weighted by molar-refractivity contribution is 5.72. The van der Waals surface area contributed by atoms with Crippen molar-refractivity contribution in [3.8, 4) is 5.75 Å². The molecule has 6 nitrogen and oxygen atoms in total. The maximum absolute atomic E-state index is 10.7. The lowest BCUT2D eigenvalue weighted by atomic mass is 10.2. The van der Waals surface area contributed by atoms with Crippen molar-refractivity contribution in [2.75, 3.05) is 13.2 Å². The lowest BCUT2D eigenvalue weighted by Crippen LogP contribution is -2.25. The van der Waals surface area contributed by atoms with E-state index < -0.39 is 4.92 Å². The van der Waals surface area contributed by atoms with E-state index in [0.717, 1.165) is 0 Å². The Balaban J connectivity index is 2.57. The lowest BCUT2D eigenvalue weighted by Gasteiger charge is -2.07. The molecular weight excluding hydrogens is 224 g/mol. The second-order valence-electron chi connectivity index (χ2n) is 3.54. The Bertz CT molecular complexity index is 431. The number of nitro groups is 1. The zero-order valence-corrected chi connectivity index (χ0v) is 9.73. The predicted octanol–water partition coefficient (Wildman–Crippen LogP) is 1.42. The van der Waals surface area contributed by atoms with E-state index in [1.807, 2.05) is 0 Å². The van der Waals surface area contributed by atoms with Crippen LogP contribution in [0.15, 0.2) is 18.2 Å². The Hall–Kier alpha value is -2.11. The Morgan fingerprint density at radius 2 is 2.24 bits per heavy atom. The van der Waals surface area contributed by atoms with E-state index >= 15 is 0 Å². The Morgan fingerprint density at radius 3 is 2.82 bits per heavy atom. The lowest BCUT2D eigenvalue weighted by molar-refractivity contribution is -0.385. The van der Waals surface area contributed by atoms with Gasteiger partial charge in [0.25, 0.3) is 5.69 Å². The summed E-state index contributed by atoms with van der Waals surface area (Å²) < 4.78 is 5.28. The highest BCUT2D eigenvalue weighted by Crippen LogP contribution is 2.23. The number of ether oxygens (including phenoxy) is 1. The summed E-state index contributed by atoms with van der Waals surface area (Å²) in [4.78, 5) is 20.8. The molecule has 0 spiro atoms. The zero-order valence-electron chi connectivity index (χ0n) is 9.73. The number of nitro benzene ring substituents is 1. The molecule has 0 atom stereocenters. The third kappa shape index (κ3) is 4.10. The molecule has 0 saturated carbocycles. The Morgan fingerprint density at radius 1 is 1.53 bits per heavy atom. The molecule has 1 rings (SSSR count). The van der Waals surface area contributed by atoms with Crippen LogP contribution in [0.25, 0.3) is 0 Å². The van der Waals surface area contributed by atoms with E-state index in [0.29, 0.717) is 17.9 Å². The van der Waals surface area contributed by atoms with Crippen molar-refractivity contribution in [2.24, 2.45) is 0 Å². The minimum absolute atomic E-state index is 0.0297. The number of carbonyl (C=O) groups is 1. The number of nitrogens with zero attached hydrogens (tertiary/aromatic N) is 1. The topological polar surface area (TPSA) is 81.5 Å². The first-order valence-electron chi connectivity index (χ1n) is 5.13. The summed E-state index contributed by atoms with van der Waals surface area (Å²) >= 11 is 0. The van der Waals surface area contributed by atoms with Gasteiger partial charge in [-0.25, -0.2) is 0 Å². The average Bonchev–Trinajstić information content (AvgIpc) is 2.25. The Kier molecular flexibility index (Phi) is 4.45. The maximum atomic E-state index is 10.7. The van der Waals surface area contributed by atoms with Crippen LogP contribution in [0.4, 0.5) is 5.69 Å². The molecule has 1 amide bonds. The van der Waals surface area contributed by atoms with Crippen molar-refractivity contribution >= 4 is 11.6 Å². The molecule has 0 heterocycles. The first-order valence-corrected chi connectivity index (χ1v) is 5.13. The van der Waals surface area contributed by atoms with Crippen LogP contribution in [0, 0.1) is 17.0 Å². The molecule has 0 aromatic heterocycles. The summed E-state index contributed by atoms with van der Waals surface area (Å²) in [6.45, 7) is 3.73. The highest BCUT2D eigenvalue weighted by Gasteiger charge is 2.11. The number of hydrogen-bond acceptors (Lipinski definition) is 4. The average molecular weight is 238 g/mol. The van der Waals surface area contributed by atoms with Gasteiger partial charge >= 0.3 is 0 Å². The molecule has 0 fully saturated rings. The van der Waals surface area contributed by atoms with Crippen LogP contribution in [-0.2, 0) is 4.79 Å². The predicted molar refractivity (Wildman–Crippen MR) is 62.0 cm³/mol. The van der Waals surface area contributed by atoms with Gasteiger partial charge in [-0.05, 0) is 19.1 Å². The molecule has 1 aromatic rings. The number of aryl methyl sites for hydroxylation is 1. The number of hydrogen-bond donors (Lipinski definition) is 1. The summed E-state index contributed by atoms with van der Waals surface area (Å²) in [5.41, 5.74) is 0.617. The number of nitrogens with one attached hydrogen (secondary N) is 1. The van der Waals surface area contributed by atoms with E-state index in [2.05, 4.69) is 5.32 Å². The number of rotatable bonds is 5. The van der Waals surface area contributed by atoms with E-state index in [9.17, 15) is 14.9 Å². The SMILES string of the molecule is CC(=O)NCCOc1ccc(C)c([N+](=O)[O-])c1. The second-order valence-corrected chi connectivity index (χ2v) is 3.54. The molecule has 0 aliphatic rings. The third-order valence-electron chi connectivity index (χ3n) is 2.12. The molecular formula is C11H14N2O4. The summed E-state index contributed by atoms with van der Waals surface area (Å²) in [5, 5.41) is 13.3. The summed E-state index contributed by atoms with van der Waals surface area (Å²) in [7, 11) is 0. The molecule has 0 aliphatic carbocycles. The van der Waals surface area contributed by atoms with Crippen LogP contribution in [0.3, 0.4) is 0 Å². The van der Waals surface area contributed by atoms with Gasteiger partial charge in [0.15, 0.2) is 0 Å². The van der Waals surface area contributed by atoms with Crippen molar-refractivity contribution in [3.63, 3.8) is 0 Å². The van der Waals surface area contributed by atoms with Crippen molar-refractivity contribution in [1.82, 2.24) is 5.32 Å². The van der Waals surface area contributed by atoms with Gasteiger partial charge in [-0.15, -0.1) is 0 Å². The fourth-order valence-electron chi connectivity index (χ4n) is 1.27. The molecule has 1 aromatic carbocycles. The van der Waals surface area contributed by atoms with Gasteiger partial charge in [0.05, 0.1) is 17.5 Å². The van der Waals surface area contributed by atoms with Crippen molar-refractivity contribution < 1.29 is 14.5 Å². The van der Waals surface area contributed by atoms with Crippen molar-refractivity contribution in [1.29, 1.82) is 0 Å². The molecule has 17 heavy (non-hydrogen) atoms. The molecule has 6 heteroatoms. The quantitative estimate of drug-likeness (QED) is 0.478. The van der Waals surface area contributed by atoms with Crippen LogP contribution < -0.4 is 10.1 Å². The molecule has 92 valence electrons. The first-order chi connectivity index (χ1) is 8.00. The van der Waals surface area contributed by atoms with E-state index in [4.69, 9.17) is 4.74 Å². The summed E-state index contributed by atoms with van der Waals surface area (Å²) in [6.07, 6.45) is 0. The largest absolute Gasteiger partial charge is 0.491 e. The zero-order chi connectivity index (χ0) is 12.8. The van der Waals surface area contributed by atoms with E-state index in [1.165, 1.54) is 13.0 Å². The second kappa shape index (κ2) is 5.83. The van der Waals surface area contributed by atoms with Gasteiger partial charge < -0.3 is 10.1 Å². The van der Waals surface area contributed by atoms with Crippen molar-refractivity contribution in [2.45, 2.75) is 13.8 Å².